The van der Waals surface area contributed by atoms with Crippen LogP contribution in [-0.2, 0) is 19.7 Å². The van der Waals surface area contributed by atoms with Gasteiger partial charge in [-0.05, 0) is 6.92 Å². The number of hydrogen-bond donors (Lipinski definition) is 0. The van der Waals surface area contributed by atoms with E-state index in [1.165, 1.54) is 21.2 Å². The number of carbonyl (C=O) groups excluding carboxylic acids is 1. The fourth-order valence-corrected chi connectivity index (χ4v) is 2.43. The largest absolute Gasteiger partial charge is 0.469 e. The van der Waals surface area contributed by atoms with Crippen molar-refractivity contribution in [1.82, 2.24) is 8.61 Å². The number of carbonyl (C=O) groups is 1. The molecule has 1 unspecified atom stereocenters. The monoisotopic (exact) mass is 277 g/mol. The Bertz CT molecular complexity index is 415. The minimum atomic E-state index is -3.64. The second-order valence-corrected chi connectivity index (χ2v) is 6.11. The normalized spacial score (nSPS) is 13.4. The van der Waals surface area contributed by atoms with Crippen molar-refractivity contribution in [1.29, 1.82) is 5.26 Å². The van der Waals surface area contributed by atoms with Crippen molar-refractivity contribution in [3.63, 3.8) is 0 Å². The predicted octanol–water partition coefficient (Wildman–Crippen LogP) is -0.182. The molecule has 0 aromatic carbocycles. The first-order valence-electron chi connectivity index (χ1n) is 5.39. The van der Waals surface area contributed by atoms with Crippen LogP contribution in [0, 0.1) is 17.2 Å². The van der Waals surface area contributed by atoms with Gasteiger partial charge in [0.15, 0.2) is 0 Å². The summed E-state index contributed by atoms with van der Waals surface area (Å²) in [6.07, 6.45) is -0.00608. The lowest BCUT2D eigenvalue weighted by atomic mass is 10.2. The van der Waals surface area contributed by atoms with Crippen molar-refractivity contribution in [3.05, 3.63) is 0 Å². The van der Waals surface area contributed by atoms with Crippen molar-refractivity contribution < 1.29 is 17.9 Å². The molecule has 7 nitrogen and oxygen atoms in total. The summed E-state index contributed by atoms with van der Waals surface area (Å²) < 4.78 is 30.5. The first-order chi connectivity index (χ1) is 8.25. The molecular weight excluding hydrogens is 258 g/mol. The Hall–Kier alpha value is -1.17. The van der Waals surface area contributed by atoms with Crippen LogP contribution in [0.15, 0.2) is 0 Å². The van der Waals surface area contributed by atoms with E-state index in [2.05, 4.69) is 4.74 Å². The van der Waals surface area contributed by atoms with Gasteiger partial charge in [0.05, 0.1) is 25.5 Å². The van der Waals surface area contributed by atoms with E-state index in [1.54, 1.807) is 6.92 Å². The first-order valence-corrected chi connectivity index (χ1v) is 6.79. The molecule has 0 aliphatic heterocycles. The highest BCUT2D eigenvalue weighted by molar-refractivity contribution is 7.86. The number of hydrogen-bond acceptors (Lipinski definition) is 5. The minimum absolute atomic E-state index is 0.00608. The summed E-state index contributed by atoms with van der Waals surface area (Å²) in [6, 6.07) is 1.97. The highest BCUT2D eigenvalue weighted by atomic mass is 32.2. The summed E-state index contributed by atoms with van der Waals surface area (Å²) in [6.45, 7) is 1.79. The van der Waals surface area contributed by atoms with E-state index < -0.39 is 22.1 Å². The molecule has 0 rings (SSSR count). The lowest BCUT2D eigenvalue weighted by Gasteiger charge is -2.24. The van der Waals surface area contributed by atoms with Crippen LogP contribution in [0.4, 0.5) is 0 Å². The average Bonchev–Trinajstić information content (AvgIpc) is 2.34. The molecule has 0 aromatic heterocycles. The van der Waals surface area contributed by atoms with Crippen LogP contribution in [-0.4, -0.2) is 57.3 Å². The summed E-state index contributed by atoms with van der Waals surface area (Å²) in [5, 5.41) is 8.65. The van der Waals surface area contributed by atoms with E-state index in [1.807, 2.05) is 6.07 Å². The van der Waals surface area contributed by atoms with E-state index in [9.17, 15) is 13.2 Å². The molecule has 0 fully saturated rings. The van der Waals surface area contributed by atoms with Crippen LogP contribution < -0.4 is 0 Å². The second kappa shape index (κ2) is 7.31. The standard InChI is InChI=1S/C10H19N3O4S/c1-9(7-11)8-13(3)18(15,16)12(2)6-5-10(14)17-4/h9H,5-6,8H2,1-4H3. The van der Waals surface area contributed by atoms with Gasteiger partial charge in [0, 0.05) is 27.2 Å². The van der Waals surface area contributed by atoms with Gasteiger partial charge < -0.3 is 4.74 Å². The molecule has 0 aromatic rings. The molecule has 104 valence electrons. The van der Waals surface area contributed by atoms with Crippen LogP contribution in [0.5, 0.6) is 0 Å². The van der Waals surface area contributed by atoms with Crippen LogP contribution in [0.1, 0.15) is 13.3 Å². The van der Waals surface area contributed by atoms with Crippen LogP contribution in [0.25, 0.3) is 0 Å². The predicted molar refractivity (Wildman–Crippen MR) is 65.6 cm³/mol. The zero-order valence-corrected chi connectivity index (χ0v) is 11.9. The molecular formula is C10H19N3O4S. The molecule has 18 heavy (non-hydrogen) atoms. The summed E-state index contributed by atoms with van der Waals surface area (Å²) in [5.41, 5.74) is 0. The van der Waals surface area contributed by atoms with Gasteiger partial charge in [-0.1, -0.05) is 0 Å². The van der Waals surface area contributed by atoms with Crippen molar-refractivity contribution in [2.24, 2.45) is 5.92 Å². The third-order valence-electron chi connectivity index (χ3n) is 2.40. The Morgan fingerprint density at radius 2 is 1.94 bits per heavy atom. The molecule has 0 bridgehead atoms. The zero-order valence-electron chi connectivity index (χ0n) is 11.1. The van der Waals surface area contributed by atoms with Crippen molar-refractivity contribution in [2.75, 3.05) is 34.3 Å². The van der Waals surface area contributed by atoms with Gasteiger partial charge in [-0.3, -0.25) is 4.79 Å². The maximum Gasteiger partial charge on any atom is 0.306 e. The summed E-state index contributed by atoms with van der Waals surface area (Å²) >= 11 is 0. The number of methoxy groups -OCH3 is 1. The number of ether oxygens (including phenoxy) is 1. The first kappa shape index (κ1) is 16.8. The van der Waals surface area contributed by atoms with Gasteiger partial charge in [0.25, 0.3) is 10.2 Å². The molecule has 0 radical (unpaired) electrons. The Balaban J connectivity index is 4.53. The van der Waals surface area contributed by atoms with Gasteiger partial charge in [-0.2, -0.15) is 22.3 Å². The van der Waals surface area contributed by atoms with Crippen molar-refractivity contribution in [3.8, 4) is 6.07 Å². The maximum atomic E-state index is 12.0. The van der Waals surface area contributed by atoms with Crippen LogP contribution in [0.2, 0.25) is 0 Å². The summed E-state index contributed by atoms with van der Waals surface area (Å²) in [5.74, 6) is -0.858. The molecule has 0 saturated heterocycles. The Kier molecular flexibility index (Phi) is 6.83. The molecule has 0 aliphatic carbocycles. The third-order valence-corrected chi connectivity index (χ3v) is 4.30. The lowest BCUT2D eigenvalue weighted by molar-refractivity contribution is -0.140. The highest BCUT2D eigenvalue weighted by Crippen LogP contribution is 2.07. The van der Waals surface area contributed by atoms with Crippen molar-refractivity contribution in [2.45, 2.75) is 13.3 Å². The zero-order chi connectivity index (χ0) is 14.3. The Morgan fingerprint density at radius 1 is 1.39 bits per heavy atom. The van der Waals surface area contributed by atoms with Crippen LogP contribution >= 0.6 is 0 Å². The van der Waals surface area contributed by atoms with Crippen LogP contribution in [0.3, 0.4) is 0 Å². The number of esters is 1. The van der Waals surface area contributed by atoms with Gasteiger partial charge in [0.2, 0.25) is 0 Å². The molecule has 1 atom stereocenters. The van der Waals surface area contributed by atoms with E-state index in [-0.39, 0.29) is 19.5 Å². The number of rotatable bonds is 7. The molecule has 8 heteroatoms. The smallest absolute Gasteiger partial charge is 0.306 e. The molecule has 0 heterocycles. The van der Waals surface area contributed by atoms with Gasteiger partial charge in [-0.25, -0.2) is 0 Å². The van der Waals surface area contributed by atoms with Gasteiger partial charge >= 0.3 is 5.97 Å². The maximum absolute atomic E-state index is 12.0. The van der Waals surface area contributed by atoms with Gasteiger partial charge in [-0.15, -0.1) is 0 Å². The Morgan fingerprint density at radius 3 is 2.39 bits per heavy atom. The topological polar surface area (TPSA) is 90.7 Å². The molecule has 0 amide bonds. The van der Waals surface area contributed by atoms with E-state index in [4.69, 9.17) is 5.26 Å². The van der Waals surface area contributed by atoms with E-state index in [0.717, 1.165) is 8.61 Å². The second-order valence-electron chi connectivity index (χ2n) is 3.97. The molecule has 0 aliphatic rings. The lowest BCUT2D eigenvalue weighted by Crippen LogP contribution is -2.42. The summed E-state index contributed by atoms with van der Waals surface area (Å²) in [7, 11) is 0.389. The fraction of sp³-hybridized carbons (Fsp3) is 0.800. The number of nitriles is 1. The third kappa shape index (κ3) is 5.00. The fourth-order valence-electron chi connectivity index (χ4n) is 1.22. The summed E-state index contributed by atoms with van der Waals surface area (Å²) in [4.78, 5) is 10.9. The quantitative estimate of drug-likeness (QED) is 0.602. The minimum Gasteiger partial charge on any atom is -0.469 e. The SMILES string of the molecule is COC(=O)CCN(C)S(=O)(=O)N(C)CC(C)C#N. The molecule has 0 saturated carbocycles. The van der Waals surface area contributed by atoms with Gasteiger partial charge in [0.1, 0.15) is 0 Å². The molecule has 0 spiro atoms. The van der Waals surface area contributed by atoms with E-state index in [0.29, 0.717) is 0 Å². The average molecular weight is 277 g/mol. The molecule has 0 N–H and O–H groups in total. The van der Waals surface area contributed by atoms with E-state index >= 15 is 0 Å². The Labute approximate surface area is 108 Å². The highest BCUT2D eigenvalue weighted by Gasteiger charge is 2.25. The van der Waals surface area contributed by atoms with Crippen molar-refractivity contribution >= 4 is 16.2 Å². The number of nitrogens with zero attached hydrogens (tertiary/aromatic N) is 3.